The van der Waals surface area contributed by atoms with Gasteiger partial charge in [-0.15, -0.1) is 0 Å². The number of carbonyl (C=O) groups excluding carboxylic acids is 1. The summed E-state index contributed by atoms with van der Waals surface area (Å²) >= 11 is 15.0. The molecule has 438 valence electrons. The van der Waals surface area contributed by atoms with Crippen molar-refractivity contribution < 1.29 is 115 Å². The summed E-state index contributed by atoms with van der Waals surface area (Å²) < 4.78 is 85.1. The zero-order valence-corrected chi connectivity index (χ0v) is 47.6. The molecule has 8 unspecified atom stereocenters. The van der Waals surface area contributed by atoms with Crippen molar-refractivity contribution in [1.82, 2.24) is 5.32 Å². The quantitative estimate of drug-likeness (QED) is 0.0232. The molecule has 10 N–H and O–H groups in total. The van der Waals surface area contributed by atoms with Gasteiger partial charge in [-0.1, -0.05) is 24.3 Å². The lowest BCUT2D eigenvalue weighted by Gasteiger charge is -2.42. The Bertz CT molecular complexity index is 1590. The second-order valence-corrected chi connectivity index (χ2v) is 25.2. The van der Waals surface area contributed by atoms with Crippen molar-refractivity contribution >= 4 is 62.4 Å². The Morgan fingerprint density at radius 3 is 1.43 bits per heavy atom. The van der Waals surface area contributed by atoms with E-state index in [2.05, 4.69) is 17.6 Å². The third-order valence-electron chi connectivity index (χ3n) is 11.4. The lowest BCUT2D eigenvalue weighted by Crippen LogP contribution is -2.64. The number of aliphatic hydroxyl groups is 7. The first-order valence-electron chi connectivity index (χ1n) is 25.0. The zero-order chi connectivity index (χ0) is 54.8. The summed E-state index contributed by atoms with van der Waals surface area (Å²) in [4.78, 5) is 32.9. The number of nitrogens with one attached hydrogen (secondary N) is 1. The molecule has 0 saturated carbocycles. The van der Waals surface area contributed by atoms with E-state index in [9.17, 15) is 49.8 Å². The standard InChI is InChI=1S/C43H84NO24P3S3/c1-32-37(49)38(50)34(26-46)67-41(32)60-19-7-9-22-63-70(54,73)65-24-12-17-58-30-43(28-56-15-6-4-3-5-14-45,29-57-16-11-21-62-69(53)72)31-59-18-13-25-66-71(55,74)64-23-10-8-20-61-42-36(44-33(2)48)40(52)39(51)35(27-47)68-42/h32,34-42,45-47,49-52H,3-31H2,1-2H3,(H,44,48)(H,54,73)(H,55,74)/t32-,34?,35?,36-,37?,38-,39-,40+,41+,42?,43?,70?,71?/m0/s1. The maximum absolute atomic E-state index is 11.7. The highest BCUT2D eigenvalue weighted by Crippen LogP contribution is 2.44. The van der Waals surface area contributed by atoms with Gasteiger partial charge in [0.1, 0.15) is 43.2 Å². The highest BCUT2D eigenvalue weighted by atomic mass is 32.7. The van der Waals surface area contributed by atoms with Crippen LogP contribution in [0.25, 0.3) is 0 Å². The summed E-state index contributed by atoms with van der Waals surface area (Å²) in [6, 6.07) is -1.07. The van der Waals surface area contributed by atoms with Crippen LogP contribution in [0.15, 0.2) is 0 Å². The van der Waals surface area contributed by atoms with Gasteiger partial charge in [-0.2, -0.15) is 4.52 Å². The third-order valence-corrected chi connectivity index (χ3v) is 15.4. The minimum atomic E-state index is -3.62. The highest BCUT2D eigenvalue weighted by molar-refractivity contribution is 8.25. The fraction of sp³-hybridized carbons (Fsp3) is 0.977. The molecule has 0 aromatic heterocycles. The average molecular weight is 1190 g/mol. The Kier molecular flexibility index (Phi) is 38.6. The molecule has 74 heavy (non-hydrogen) atoms. The maximum Gasteiger partial charge on any atom is 0.372 e. The smallest absolute Gasteiger partial charge is 0.372 e. The van der Waals surface area contributed by atoms with Crippen molar-refractivity contribution in [3.63, 3.8) is 0 Å². The number of rotatable bonds is 46. The van der Waals surface area contributed by atoms with Crippen LogP contribution in [0.4, 0.5) is 0 Å². The molecule has 2 heterocycles. The summed E-state index contributed by atoms with van der Waals surface area (Å²) in [5.74, 6) is -0.990. The molecule has 0 radical (unpaired) electrons. The maximum atomic E-state index is 11.7. The number of unbranched alkanes of at least 4 members (excludes halogenated alkanes) is 5. The van der Waals surface area contributed by atoms with Crippen molar-refractivity contribution in [3.05, 3.63) is 0 Å². The van der Waals surface area contributed by atoms with E-state index < -0.39 is 106 Å². The van der Waals surface area contributed by atoms with E-state index in [1.54, 1.807) is 6.92 Å². The fourth-order valence-electron chi connectivity index (χ4n) is 7.32. The molecule has 31 heteroatoms. The molecule has 2 aliphatic heterocycles. The van der Waals surface area contributed by atoms with E-state index >= 15 is 0 Å². The second-order valence-electron chi connectivity index (χ2n) is 17.9. The summed E-state index contributed by atoms with van der Waals surface area (Å²) in [6.45, 7) is -2.81. The van der Waals surface area contributed by atoms with E-state index in [0.717, 1.165) is 19.3 Å². The lowest BCUT2D eigenvalue weighted by molar-refractivity contribution is -0.282. The van der Waals surface area contributed by atoms with Gasteiger partial charge in [-0.25, -0.2) is 0 Å². The van der Waals surface area contributed by atoms with Crippen molar-refractivity contribution in [1.29, 1.82) is 0 Å². The third kappa shape index (κ3) is 30.2. The number of amides is 1. The average Bonchev–Trinajstić information content (AvgIpc) is 3.35. The Morgan fingerprint density at radius 1 is 0.581 bits per heavy atom. The minimum Gasteiger partial charge on any atom is -0.408 e. The monoisotopic (exact) mass is 1190 g/mol. The zero-order valence-electron chi connectivity index (χ0n) is 42.5. The van der Waals surface area contributed by atoms with Crippen LogP contribution in [0.1, 0.15) is 84.5 Å². The molecule has 25 nitrogen and oxygen atoms in total. The first-order chi connectivity index (χ1) is 35.3. The molecule has 2 rings (SSSR count). The van der Waals surface area contributed by atoms with E-state index in [1.165, 1.54) is 6.92 Å². The molecule has 0 spiro atoms. The number of hydrogen-bond donors (Lipinski definition) is 10. The Hall–Kier alpha value is 0.340. The van der Waals surface area contributed by atoms with Crippen LogP contribution in [0, 0.1) is 11.3 Å². The van der Waals surface area contributed by atoms with E-state index in [1.807, 2.05) is 0 Å². The molecular weight excluding hydrogens is 1100 g/mol. The predicted octanol–water partition coefficient (Wildman–Crippen LogP) is 1.10. The molecule has 2 fully saturated rings. The van der Waals surface area contributed by atoms with Crippen LogP contribution in [0.3, 0.4) is 0 Å². The van der Waals surface area contributed by atoms with Gasteiger partial charge >= 0.3 is 20.7 Å². The van der Waals surface area contributed by atoms with Crippen LogP contribution in [-0.4, -0.2) is 226 Å². The normalized spacial score (nSPS) is 27.1. The second kappa shape index (κ2) is 40.5. The van der Waals surface area contributed by atoms with E-state index in [4.69, 9.17) is 89.2 Å². The fourth-order valence-corrected chi connectivity index (χ4v) is 10.3. The number of carbonyl (C=O) groups is 1. The first-order valence-corrected chi connectivity index (χ1v) is 32.4. The summed E-state index contributed by atoms with van der Waals surface area (Å²) in [7, 11) is -2.17. The molecule has 2 saturated heterocycles. The molecule has 0 aromatic rings. The van der Waals surface area contributed by atoms with Gasteiger partial charge in [0.25, 0.3) is 0 Å². The van der Waals surface area contributed by atoms with Crippen LogP contribution >= 0.6 is 20.7 Å². The SMILES string of the molecule is CC(=O)N[C@@H]1C(OCCCCOP(O)(=S)OCCCOCC(COCCCCCCO)(COCCCO[P+](=O)[S-])COCCCOP(O)(=S)OCCCCO[C@@H]2OC(CO)[C@H](O)C(O)[C@@H]2C)OC(CO)[C@H](O)[C@@H]1O. The first kappa shape index (κ1) is 70.4. The van der Waals surface area contributed by atoms with E-state index in [-0.39, 0.29) is 99.1 Å². The van der Waals surface area contributed by atoms with Gasteiger partial charge in [0.2, 0.25) is 5.91 Å². The molecule has 2 aliphatic rings. The Labute approximate surface area is 451 Å². The topological polar surface area (TPSA) is 348 Å². The Balaban J connectivity index is 1.84. The molecule has 0 aromatic carbocycles. The highest BCUT2D eigenvalue weighted by Gasteiger charge is 2.45. The largest absolute Gasteiger partial charge is 0.408 e. The summed E-state index contributed by atoms with van der Waals surface area (Å²) in [5.41, 5.74) is -0.813. The lowest BCUT2D eigenvalue weighted by atomic mass is 9.92. The van der Waals surface area contributed by atoms with Gasteiger partial charge in [0.15, 0.2) is 12.6 Å². The van der Waals surface area contributed by atoms with Crippen molar-refractivity contribution in [2.75, 3.05) is 119 Å². The van der Waals surface area contributed by atoms with Crippen LogP contribution in [0.2, 0.25) is 0 Å². The van der Waals surface area contributed by atoms with E-state index in [0.29, 0.717) is 58.0 Å². The van der Waals surface area contributed by atoms with Crippen molar-refractivity contribution in [2.45, 2.75) is 140 Å². The molecule has 1 amide bonds. The van der Waals surface area contributed by atoms with Gasteiger partial charge < -0.3 is 119 Å². The van der Waals surface area contributed by atoms with Gasteiger partial charge in [0.05, 0.1) is 77.6 Å². The predicted molar refractivity (Wildman–Crippen MR) is 276 cm³/mol. The van der Waals surface area contributed by atoms with Crippen LogP contribution in [-0.2, 0) is 106 Å². The number of aliphatic hydroxyl groups excluding tert-OH is 7. The summed E-state index contributed by atoms with van der Waals surface area (Å²) in [5, 5.41) is 71.5. The molecule has 14 atom stereocenters. The van der Waals surface area contributed by atoms with Crippen LogP contribution < -0.4 is 5.32 Å². The van der Waals surface area contributed by atoms with Gasteiger partial charge in [-0.3, -0.25) is 4.79 Å². The Morgan fingerprint density at radius 2 is 0.973 bits per heavy atom. The minimum absolute atomic E-state index is 0.0198. The number of ether oxygens (including phenoxy) is 8. The van der Waals surface area contributed by atoms with Gasteiger partial charge in [-0.05, 0) is 81.4 Å². The summed E-state index contributed by atoms with van der Waals surface area (Å²) in [6.07, 6.45) is -3.13. The number of hydrogen-bond acceptors (Lipinski definition) is 25. The van der Waals surface area contributed by atoms with Crippen LogP contribution in [0.5, 0.6) is 0 Å². The van der Waals surface area contributed by atoms with Crippen molar-refractivity contribution in [2.24, 2.45) is 11.3 Å². The molecule has 0 aliphatic carbocycles. The van der Waals surface area contributed by atoms with Crippen molar-refractivity contribution in [3.8, 4) is 0 Å². The molecule has 0 bridgehead atoms. The molecular formula is C43H84NO24P3S3. The van der Waals surface area contributed by atoms with Gasteiger partial charge in [0, 0.05) is 59.1 Å².